The third-order valence-electron chi connectivity index (χ3n) is 3.05. The van der Waals surface area contributed by atoms with E-state index in [1.165, 1.54) is 18.5 Å². The average Bonchev–Trinajstić information content (AvgIpc) is 2.94. The first-order valence-corrected chi connectivity index (χ1v) is 6.13. The number of aromatic hydroxyl groups is 1. The summed E-state index contributed by atoms with van der Waals surface area (Å²) in [4.78, 5) is 14.5. The molecule has 0 aliphatic heterocycles. The lowest BCUT2D eigenvalue weighted by Gasteiger charge is -2.02. The van der Waals surface area contributed by atoms with Gasteiger partial charge in [0.1, 0.15) is 5.58 Å². The lowest BCUT2D eigenvalue weighted by atomic mass is 10.1. The molecular formula is C15H10N2O4. The average molecular weight is 282 g/mol. The van der Waals surface area contributed by atoms with Crippen molar-refractivity contribution in [3.63, 3.8) is 0 Å². The van der Waals surface area contributed by atoms with Crippen molar-refractivity contribution in [3.05, 3.63) is 64.4 Å². The fourth-order valence-electron chi connectivity index (χ4n) is 2.04. The van der Waals surface area contributed by atoms with Crippen molar-refractivity contribution in [2.45, 2.75) is 0 Å². The van der Waals surface area contributed by atoms with E-state index in [9.17, 15) is 15.2 Å². The van der Waals surface area contributed by atoms with Crippen LogP contribution in [0.15, 0.2) is 58.1 Å². The fourth-order valence-corrected chi connectivity index (χ4v) is 2.04. The van der Waals surface area contributed by atoms with Gasteiger partial charge in [0.25, 0.3) is 0 Å². The molecule has 0 fully saturated rings. The highest BCUT2D eigenvalue weighted by Gasteiger charge is 2.21. The van der Waals surface area contributed by atoms with Crippen LogP contribution in [0.1, 0.15) is 5.56 Å². The molecule has 1 aromatic heterocycles. The van der Waals surface area contributed by atoms with Gasteiger partial charge in [-0.15, -0.1) is 0 Å². The van der Waals surface area contributed by atoms with Crippen LogP contribution in [0.3, 0.4) is 0 Å². The zero-order valence-electron chi connectivity index (χ0n) is 10.8. The Bertz CT molecular complexity index is 838. The van der Waals surface area contributed by atoms with Crippen molar-refractivity contribution < 1.29 is 14.4 Å². The summed E-state index contributed by atoms with van der Waals surface area (Å²) < 4.78 is 5.18. The number of rotatable bonds is 3. The summed E-state index contributed by atoms with van der Waals surface area (Å²) in [6.45, 7) is 0. The lowest BCUT2D eigenvalue weighted by molar-refractivity contribution is -0.385. The van der Waals surface area contributed by atoms with Crippen LogP contribution < -0.4 is 0 Å². The Morgan fingerprint density at radius 1 is 1.24 bits per heavy atom. The fraction of sp³-hybridized carbons (Fsp3) is 0. The van der Waals surface area contributed by atoms with Crippen LogP contribution in [-0.2, 0) is 0 Å². The van der Waals surface area contributed by atoms with E-state index in [4.69, 9.17) is 4.42 Å². The van der Waals surface area contributed by atoms with Gasteiger partial charge in [-0.3, -0.25) is 15.1 Å². The van der Waals surface area contributed by atoms with Gasteiger partial charge < -0.3 is 9.52 Å². The molecule has 1 heterocycles. The van der Waals surface area contributed by atoms with E-state index in [0.717, 1.165) is 0 Å². The van der Waals surface area contributed by atoms with Gasteiger partial charge in [-0.1, -0.05) is 18.2 Å². The third-order valence-corrected chi connectivity index (χ3v) is 3.05. The molecule has 1 N–H and O–H groups in total. The van der Waals surface area contributed by atoms with E-state index in [0.29, 0.717) is 16.7 Å². The van der Waals surface area contributed by atoms with E-state index in [2.05, 4.69) is 4.99 Å². The van der Waals surface area contributed by atoms with E-state index in [-0.39, 0.29) is 5.56 Å². The summed E-state index contributed by atoms with van der Waals surface area (Å²) in [6, 6.07) is 11.9. The van der Waals surface area contributed by atoms with Crippen molar-refractivity contribution in [3.8, 4) is 5.75 Å². The number of fused-ring (bicyclic) bond motifs is 1. The second-order valence-electron chi connectivity index (χ2n) is 4.34. The molecule has 0 amide bonds. The normalized spacial score (nSPS) is 11.2. The van der Waals surface area contributed by atoms with E-state index >= 15 is 0 Å². The van der Waals surface area contributed by atoms with Gasteiger partial charge in [0.05, 0.1) is 28.5 Å². The topological polar surface area (TPSA) is 88.9 Å². The molecule has 0 saturated carbocycles. The standard InChI is InChI=1S/C15H10N2O4/c18-15-12(9-16-10-4-2-1-3-5-10)11-6-7-21-14(11)8-13(15)17(19)20/h1-9,18H. The first kappa shape index (κ1) is 12.9. The SMILES string of the molecule is O=[N+]([O-])c1cc2occc2c(C=Nc2ccccc2)c1O. The van der Waals surface area contributed by atoms with Gasteiger partial charge >= 0.3 is 5.69 Å². The maximum atomic E-state index is 11.0. The zero-order valence-corrected chi connectivity index (χ0v) is 10.8. The van der Waals surface area contributed by atoms with Crippen LogP contribution in [0, 0.1) is 10.1 Å². The molecule has 0 aliphatic carbocycles. The molecule has 104 valence electrons. The summed E-state index contributed by atoms with van der Waals surface area (Å²) in [7, 11) is 0. The minimum Gasteiger partial charge on any atom is -0.502 e. The highest BCUT2D eigenvalue weighted by molar-refractivity contribution is 6.03. The highest BCUT2D eigenvalue weighted by atomic mass is 16.6. The number of hydrogen-bond acceptors (Lipinski definition) is 5. The second-order valence-corrected chi connectivity index (χ2v) is 4.34. The maximum absolute atomic E-state index is 11.0. The van der Waals surface area contributed by atoms with Crippen LogP contribution in [0.25, 0.3) is 11.0 Å². The Morgan fingerprint density at radius 2 is 2.00 bits per heavy atom. The molecule has 0 radical (unpaired) electrons. The molecule has 6 heteroatoms. The number of benzene rings is 2. The number of furan rings is 1. The molecule has 0 atom stereocenters. The Morgan fingerprint density at radius 3 is 2.71 bits per heavy atom. The highest BCUT2D eigenvalue weighted by Crippen LogP contribution is 2.36. The number of aliphatic imine (C=N–C) groups is 1. The van der Waals surface area contributed by atoms with Crippen molar-refractivity contribution in [1.82, 2.24) is 0 Å². The summed E-state index contributed by atoms with van der Waals surface area (Å²) >= 11 is 0. The van der Waals surface area contributed by atoms with E-state index in [1.807, 2.05) is 18.2 Å². The number of phenolic OH excluding ortho intramolecular Hbond substituents is 1. The van der Waals surface area contributed by atoms with Crippen LogP contribution in [0.2, 0.25) is 0 Å². The number of para-hydroxylation sites is 1. The van der Waals surface area contributed by atoms with Crippen LogP contribution >= 0.6 is 0 Å². The summed E-state index contributed by atoms with van der Waals surface area (Å²) in [5.41, 5.74) is 0.859. The number of nitrogens with zero attached hydrogens (tertiary/aromatic N) is 2. The lowest BCUT2D eigenvalue weighted by Crippen LogP contribution is -1.93. The van der Waals surface area contributed by atoms with Gasteiger partial charge in [-0.25, -0.2) is 0 Å². The summed E-state index contributed by atoms with van der Waals surface area (Å²) in [6.07, 6.45) is 2.81. The Balaban J connectivity index is 2.16. The Hall–Kier alpha value is -3.15. The minimum atomic E-state index is -0.656. The zero-order chi connectivity index (χ0) is 14.8. The molecule has 21 heavy (non-hydrogen) atoms. The first-order valence-electron chi connectivity index (χ1n) is 6.13. The molecule has 6 nitrogen and oxygen atoms in total. The van der Waals surface area contributed by atoms with Gasteiger partial charge in [0.15, 0.2) is 0 Å². The molecule has 0 spiro atoms. The van der Waals surface area contributed by atoms with Crippen LogP contribution in [-0.4, -0.2) is 16.2 Å². The Kier molecular flexibility index (Phi) is 3.12. The molecule has 0 aliphatic rings. The quantitative estimate of drug-likeness (QED) is 0.449. The van der Waals surface area contributed by atoms with Gasteiger partial charge in [-0.2, -0.15) is 0 Å². The number of phenols is 1. The first-order chi connectivity index (χ1) is 10.2. The summed E-state index contributed by atoms with van der Waals surface area (Å²) in [5.74, 6) is -0.423. The van der Waals surface area contributed by atoms with Crippen molar-refractivity contribution in [2.75, 3.05) is 0 Å². The van der Waals surface area contributed by atoms with Crippen LogP contribution in [0.5, 0.6) is 5.75 Å². The number of nitro benzene ring substituents is 1. The molecule has 0 unspecified atom stereocenters. The predicted octanol–water partition coefficient (Wildman–Crippen LogP) is 3.80. The smallest absolute Gasteiger partial charge is 0.315 e. The molecule has 0 bridgehead atoms. The monoisotopic (exact) mass is 282 g/mol. The van der Waals surface area contributed by atoms with Crippen LogP contribution in [0.4, 0.5) is 11.4 Å². The second kappa shape index (κ2) is 5.09. The number of nitro groups is 1. The minimum absolute atomic E-state index is 0.261. The maximum Gasteiger partial charge on any atom is 0.315 e. The molecule has 3 aromatic rings. The van der Waals surface area contributed by atoms with Crippen molar-refractivity contribution >= 4 is 28.6 Å². The predicted molar refractivity (Wildman–Crippen MR) is 78.2 cm³/mol. The molecule has 3 rings (SSSR count). The van der Waals surface area contributed by atoms with Crippen molar-refractivity contribution in [2.24, 2.45) is 4.99 Å². The summed E-state index contributed by atoms with van der Waals surface area (Å²) in [5, 5.41) is 21.6. The molecule has 2 aromatic carbocycles. The van der Waals surface area contributed by atoms with Gasteiger partial charge in [0.2, 0.25) is 5.75 Å². The molecular weight excluding hydrogens is 272 g/mol. The Labute approximate surface area is 119 Å². The molecule has 0 saturated heterocycles. The van der Waals surface area contributed by atoms with Crippen molar-refractivity contribution in [1.29, 1.82) is 0 Å². The van der Waals surface area contributed by atoms with E-state index in [1.54, 1.807) is 18.2 Å². The third kappa shape index (κ3) is 2.34. The van der Waals surface area contributed by atoms with Gasteiger partial charge in [-0.05, 0) is 18.2 Å². The largest absolute Gasteiger partial charge is 0.502 e. The number of hydrogen-bond donors (Lipinski definition) is 1. The van der Waals surface area contributed by atoms with Gasteiger partial charge in [0, 0.05) is 11.6 Å². The van der Waals surface area contributed by atoms with E-state index < -0.39 is 16.4 Å².